The summed E-state index contributed by atoms with van der Waals surface area (Å²) in [7, 11) is 0. The molecule has 0 atom stereocenters. The number of nitrogens with two attached hydrogens (primary N) is 1. The number of carbonyl (C=O) groups is 1. The molecule has 0 aromatic carbocycles. The molecule has 0 spiro atoms. The molecule has 2 aromatic heterocycles. The maximum Gasteiger partial charge on any atom is 0.180 e. The number of rotatable bonds is 7. The van der Waals surface area contributed by atoms with Gasteiger partial charge in [0.05, 0.1) is 30.3 Å². The Morgan fingerprint density at radius 3 is 2.65 bits per heavy atom. The Labute approximate surface area is 122 Å². The van der Waals surface area contributed by atoms with Gasteiger partial charge in [0.1, 0.15) is 5.78 Å². The second-order valence-corrected chi connectivity index (χ2v) is 5.72. The maximum absolute atomic E-state index is 12.0. The third-order valence-electron chi connectivity index (χ3n) is 3.31. The SMILES string of the molecule is CCC(CC)n1ccc(CC(=O)Cc2csc(N)n2)n1. The molecule has 0 amide bonds. The van der Waals surface area contributed by atoms with Crippen molar-refractivity contribution in [3.8, 4) is 0 Å². The Morgan fingerprint density at radius 1 is 1.35 bits per heavy atom. The van der Waals surface area contributed by atoms with Crippen molar-refractivity contribution >= 4 is 22.3 Å². The highest BCUT2D eigenvalue weighted by atomic mass is 32.1. The number of anilines is 1. The van der Waals surface area contributed by atoms with Gasteiger partial charge in [-0.1, -0.05) is 13.8 Å². The molecule has 2 aromatic rings. The summed E-state index contributed by atoms with van der Waals surface area (Å²) in [5.74, 6) is 0.116. The Balaban J connectivity index is 1.94. The Hall–Kier alpha value is -1.69. The molecular weight excluding hydrogens is 272 g/mol. The molecule has 20 heavy (non-hydrogen) atoms. The minimum atomic E-state index is 0.116. The van der Waals surface area contributed by atoms with E-state index in [1.807, 2.05) is 22.3 Å². The van der Waals surface area contributed by atoms with Crippen molar-refractivity contribution in [3.05, 3.63) is 29.0 Å². The molecule has 5 nitrogen and oxygen atoms in total. The van der Waals surface area contributed by atoms with Crippen LogP contribution in [0, 0.1) is 0 Å². The highest BCUT2D eigenvalue weighted by Crippen LogP contribution is 2.15. The van der Waals surface area contributed by atoms with Gasteiger partial charge in [0.15, 0.2) is 5.13 Å². The lowest BCUT2D eigenvalue weighted by Crippen LogP contribution is -2.10. The van der Waals surface area contributed by atoms with Crippen molar-refractivity contribution in [3.63, 3.8) is 0 Å². The number of hydrogen-bond donors (Lipinski definition) is 1. The van der Waals surface area contributed by atoms with Crippen LogP contribution in [0.25, 0.3) is 0 Å². The van der Waals surface area contributed by atoms with E-state index in [2.05, 4.69) is 23.9 Å². The van der Waals surface area contributed by atoms with E-state index in [1.54, 1.807) is 0 Å². The van der Waals surface area contributed by atoms with Gasteiger partial charge in [-0.25, -0.2) is 4.98 Å². The Bertz CT molecular complexity index is 571. The van der Waals surface area contributed by atoms with Crippen molar-refractivity contribution < 1.29 is 4.79 Å². The summed E-state index contributed by atoms with van der Waals surface area (Å²) in [4.78, 5) is 16.1. The molecule has 6 heteroatoms. The number of nitrogen functional groups attached to an aromatic ring is 1. The van der Waals surface area contributed by atoms with Crippen LogP contribution in [0.3, 0.4) is 0 Å². The van der Waals surface area contributed by atoms with Crippen LogP contribution in [0.15, 0.2) is 17.6 Å². The van der Waals surface area contributed by atoms with Crippen molar-refractivity contribution in [2.24, 2.45) is 0 Å². The van der Waals surface area contributed by atoms with Crippen LogP contribution >= 0.6 is 11.3 Å². The summed E-state index contributed by atoms with van der Waals surface area (Å²) in [6.45, 7) is 4.29. The van der Waals surface area contributed by atoms with Gasteiger partial charge in [-0.3, -0.25) is 9.48 Å². The number of carbonyl (C=O) groups excluding carboxylic acids is 1. The number of aromatic nitrogens is 3. The smallest absolute Gasteiger partial charge is 0.180 e. The van der Waals surface area contributed by atoms with E-state index in [-0.39, 0.29) is 5.78 Å². The first-order valence-electron chi connectivity index (χ1n) is 6.88. The molecule has 0 unspecified atom stereocenters. The predicted octanol–water partition coefficient (Wildman–Crippen LogP) is 2.64. The van der Waals surface area contributed by atoms with Gasteiger partial charge >= 0.3 is 0 Å². The van der Waals surface area contributed by atoms with Crippen LogP contribution in [0.2, 0.25) is 0 Å². The first-order chi connectivity index (χ1) is 9.62. The highest BCUT2D eigenvalue weighted by Gasteiger charge is 2.12. The van der Waals surface area contributed by atoms with Crippen LogP contribution < -0.4 is 5.73 Å². The maximum atomic E-state index is 12.0. The van der Waals surface area contributed by atoms with E-state index < -0.39 is 0 Å². The number of ketones is 1. The van der Waals surface area contributed by atoms with E-state index in [9.17, 15) is 4.79 Å². The number of nitrogens with zero attached hydrogens (tertiary/aromatic N) is 3. The average molecular weight is 292 g/mol. The summed E-state index contributed by atoms with van der Waals surface area (Å²) in [5.41, 5.74) is 7.13. The molecule has 0 aliphatic rings. The third-order valence-corrected chi connectivity index (χ3v) is 4.03. The molecule has 0 aliphatic heterocycles. The third kappa shape index (κ3) is 3.66. The largest absolute Gasteiger partial charge is 0.375 e. The number of thiazole rings is 1. The van der Waals surface area contributed by atoms with Crippen molar-refractivity contribution in [2.75, 3.05) is 5.73 Å². The molecule has 2 rings (SSSR count). The fourth-order valence-electron chi connectivity index (χ4n) is 2.21. The molecule has 0 radical (unpaired) electrons. The summed E-state index contributed by atoms with van der Waals surface area (Å²) in [5, 5.41) is 6.83. The quantitative estimate of drug-likeness (QED) is 0.851. The van der Waals surface area contributed by atoms with Crippen molar-refractivity contribution in [1.82, 2.24) is 14.8 Å². The molecular formula is C14H20N4OS. The lowest BCUT2D eigenvalue weighted by Gasteiger charge is -2.12. The van der Waals surface area contributed by atoms with E-state index >= 15 is 0 Å². The fraction of sp³-hybridized carbons (Fsp3) is 0.500. The average Bonchev–Trinajstić information content (AvgIpc) is 3.01. The van der Waals surface area contributed by atoms with E-state index in [4.69, 9.17) is 5.73 Å². The molecule has 0 fully saturated rings. The first kappa shape index (κ1) is 14.7. The number of Topliss-reactive ketones (excluding diaryl/α,β-unsaturated/α-hetero) is 1. The fourth-order valence-corrected chi connectivity index (χ4v) is 2.77. The van der Waals surface area contributed by atoms with E-state index in [0.29, 0.717) is 24.0 Å². The van der Waals surface area contributed by atoms with Gasteiger partial charge in [-0.15, -0.1) is 11.3 Å². The minimum absolute atomic E-state index is 0.116. The van der Waals surface area contributed by atoms with Crippen LogP contribution in [0.1, 0.15) is 44.1 Å². The summed E-state index contributed by atoms with van der Waals surface area (Å²) in [6, 6.07) is 2.34. The van der Waals surface area contributed by atoms with Gasteiger partial charge in [-0.05, 0) is 18.9 Å². The highest BCUT2D eigenvalue weighted by molar-refractivity contribution is 7.13. The van der Waals surface area contributed by atoms with Crippen LogP contribution in [0.4, 0.5) is 5.13 Å². The Kier molecular flexibility index (Phi) is 4.89. The second-order valence-electron chi connectivity index (χ2n) is 4.83. The van der Waals surface area contributed by atoms with Gasteiger partial charge in [0.2, 0.25) is 0 Å². The van der Waals surface area contributed by atoms with Gasteiger partial charge in [-0.2, -0.15) is 5.10 Å². The molecule has 0 bridgehead atoms. The van der Waals surface area contributed by atoms with Crippen molar-refractivity contribution in [1.29, 1.82) is 0 Å². The van der Waals surface area contributed by atoms with Crippen LogP contribution in [-0.4, -0.2) is 20.5 Å². The molecule has 108 valence electrons. The van der Waals surface area contributed by atoms with E-state index in [1.165, 1.54) is 11.3 Å². The van der Waals surface area contributed by atoms with E-state index in [0.717, 1.165) is 24.2 Å². The van der Waals surface area contributed by atoms with Gasteiger partial charge < -0.3 is 5.73 Å². The topological polar surface area (TPSA) is 73.8 Å². The summed E-state index contributed by atoms with van der Waals surface area (Å²) < 4.78 is 1.96. The second kappa shape index (κ2) is 6.65. The molecule has 2 N–H and O–H groups in total. The van der Waals surface area contributed by atoms with Crippen LogP contribution in [-0.2, 0) is 17.6 Å². The minimum Gasteiger partial charge on any atom is -0.375 e. The lowest BCUT2D eigenvalue weighted by atomic mass is 10.1. The first-order valence-corrected chi connectivity index (χ1v) is 7.76. The molecule has 0 saturated carbocycles. The van der Waals surface area contributed by atoms with Crippen molar-refractivity contribution in [2.45, 2.75) is 45.6 Å². The van der Waals surface area contributed by atoms with Crippen LogP contribution in [0.5, 0.6) is 0 Å². The molecule has 0 saturated heterocycles. The number of hydrogen-bond acceptors (Lipinski definition) is 5. The summed E-state index contributed by atoms with van der Waals surface area (Å²) >= 11 is 1.36. The molecule has 0 aliphatic carbocycles. The van der Waals surface area contributed by atoms with Gasteiger partial charge in [0.25, 0.3) is 0 Å². The summed E-state index contributed by atoms with van der Waals surface area (Å²) in [6.07, 6.45) is 4.73. The zero-order valence-electron chi connectivity index (χ0n) is 11.9. The molecule has 2 heterocycles. The zero-order valence-corrected chi connectivity index (χ0v) is 12.7. The zero-order chi connectivity index (χ0) is 14.5. The standard InChI is InChI=1S/C14H20N4OS/c1-3-12(4-2)18-6-5-10(17-18)7-13(19)8-11-9-20-14(15)16-11/h5-6,9,12H,3-4,7-8H2,1-2H3,(H2,15,16). The predicted molar refractivity (Wildman–Crippen MR) is 80.8 cm³/mol. The monoisotopic (exact) mass is 292 g/mol. The lowest BCUT2D eigenvalue weighted by molar-refractivity contribution is -0.117. The normalized spacial score (nSPS) is 11.2. The van der Waals surface area contributed by atoms with Gasteiger partial charge in [0, 0.05) is 11.6 Å². The Morgan fingerprint density at radius 2 is 2.05 bits per heavy atom.